The third kappa shape index (κ3) is 5.27. The van der Waals surface area contributed by atoms with Crippen LogP contribution < -0.4 is 5.32 Å². The average molecular weight is 185 g/mol. The molecule has 78 valence electrons. The van der Waals surface area contributed by atoms with E-state index in [0.29, 0.717) is 6.04 Å². The van der Waals surface area contributed by atoms with Crippen molar-refractivity contribution in [3.05, 3.63) is 0 Å². The van der Waals surface area contributed by atoms with Crippen molar-refractivity contribution < 1.29 is 4.74 Å². The second-order valence-electron chi connectivity index (χ2n) is 4.30. The second-order valence-corrected chi connectivity index (χ2v) is 4.30. The summed E-state index contributed by atoms with van der Waals surface area (Å²) < 4.78 is 5.51. The van der Waals surface area contributed by atoms with E-state index in [4.69, 9.17) is 4.74 Å². The first-order valence-corrected chi connectivity index (χ1v) is 5.60. The maximum Gasteiger partial charge on any atom is 0.0478 e. The molecule has 0 amide bonds. The lowest BCUT2D eigenvalue weighted by Crippen LogP contribution is -2.28. The van der Waals surface area contributed by atoms with Crippen molar-refractivity contribution in [1.82, 2.24) is 5.32 Å². The molecule has 2 unspecified atom stereocenters. The fourth-order valence-corrected chi connectivity index (χ4v) is 1.96. The van der Waals surface area contributed by atoms with Crippen molar-refractivity contribution in [2.45, 2.75) is 45.6 Å². The summed E-state index contributed by atoms with van der Waals surface area (Å²) in [5.74, 6) is 0.837. The molecule has 1 aliphatic heterocycles. The zero-order valence-corrected chi connectivity index (χ0v) is 9.01. The predicted molar refractivity (Wildman–Crippen MR) is 55.9 cm³/mol. The van der Waals surface area contributed by atoms with Crippen molar-refractivity contribution in [1.29, 1.82) is 0 Å². The van der Waals surface area contributed by atoms with Gasteiger partial charge in [-0.1, -0.05) is 6.92 Å². The van der Waals surface area contributed by atoms with E-state index >= 15 is 0 Å². The fourth-order valence-electron chi connectivity index (χ4n) is 1.96. The van der Waals surface area contributed by atoms with Crippen LogP contribution in [-0.4, -0.2) is 25.8 Å². The van der Waals surface area contributed by atoms with Gasteiger partial charge in [0.15, 0.2) is 0 Å². The molecule has 0 aliphatic carbocycles. The molecule has 0 aromatic carbocycles. The number of hydrogen-bond donors (Lipinski definition) is 1. The highest BCUT2D eigenvalue weighted by atomic mass is 16.5. The second kappa shape index (κ2) is 6.39. The van der Waals surface area contributed by atoms with Crippen LogP contribution >= 0.6 is 0 Å². The van der Waals surface area contributed by atoms with Crippen LogP contribution in [0.15, 0.2) is 0 Å². The molecule has 1 N–H and O–H groups in total. The summed E-state index contributed by atoms with van der Waals surface area (Å²) >= 11 is 0. The van der Waals surface area contributed by atoms with Gasteiger partial charge in [0.05, 0.1) is 0 Å². The van der Waals surface area contributed by atoms with Gasteiger partial charge in [-0.3, -0.25) is 0 Å². The molecule has 2 atom stereocenters. The molecule has 1 rings (SSSR count). The zero-order chi connectivity index (χ0) is 9.52. The van der Waals surface area contributed by atoms with Crippen LogP contribution in [0.3, 0.4) is 0 Å². The third-order valence-electron chi connectivity index (χ3n) is 2.70. The molecule has 0 radical (unpaired) electrons. The summed E-state index contributed by atoms with van der Waals surface area (Å²) in [6.45, 7) is 7.62. The van der Waals surface area contributed by atoms with E-state index in [1.165, 1.54) is 19.3 Å². The molecule has 2 nitrogen and oxygen atoms in total. The monoisotopic (exact) mass is 185 g/mol. The van der Waals surface area contributed by atoms with Gasteiger partial charge in [0, 0.05) is 19.3 Å². The maximum atomic E-state index is 5.51. The van der Waals surface area contributed by atoms with E-state index in [-0.39, 0.29) is 0 Å². The predicted octanol–water partition coefficient (Wildman–Crippen LogP) is 2.19. The van der Waals surface area contributed by atoms with E-state index in [0.717, 1.165) is 32.1 Å². The fraction of sp³-hybridized carbons (Fsp3) is 1.00. The lowest BCUT2D eigenvalue weighted by Gasteiger charge is -2.17. The Kier molecular flexibility index (Phi) is 5.40. The largest absolute Gasteiger partial charge is 0.381 e. The van der Waals surface area contributed by atoms with Crippen molar-refractivity contribution in [3.8, 4) is 0 Å². The molecule has 1 aliphatic rings. The van der Waals surface area contributed by atoms with Crippen LogP contribution in [0.1, 0.15) is 39.5 Å². The average Bonchev–Trinajstić information content (AvgIpc) is 2.11. The number of nitrogens with one attached hydrogen (secondary N) is 1. The van der Waals surface area contributed by atoms with Gasteiger partial charge >= 0.3 is 0 Å². The van der Waals surface area contributed by atoms with Crippen molar-refractivity contribution >= 4 is 0 Å². The van der Waals surface area contributed by atoms with Crippen LogP contribution in [0.25, 0.3) is 0 Å². The van der Waals surface area contributed by atoms with E-state index < -0.39 is 0 Å². The van der Waals surface area contributed by atoms with Gasteiger partial charge in [0.1, 0.15) is 0 Å². The van der Waals surface area contributed by atoms with E-state index in [1.807, 2.05) is 0 Å². The van der Waals surface area contributed by atoms with Crippen molar-refractivity contribution in [2.24, 2.45) is 5.92 Å². The molecule has 1 heterocycles. The first-order chi connectivity index (χ1) is 6.29. The van der Waals surface area contributed by atoms with Gasteiger partial charge in [0.2, 0.25) is 0 Å². The number of rotatable bonds is 0. The molecular formula is C11H23NO. The molecule has 13 heavy (non-hydrogen) atoms. The van der Waals surface area contributed by atoms with Crippen LogP contribution in [0.4, 0.5) is 0 Å². The maximum absolute atomic E-state index is 5.51. The molecule has 0 bridgehead atoms. The quantitative estimate of drug-likeness (QED) is 0.624. The Morgan fingerprint density at radius 1 is 1.15 bits per heavy atom. The third-order valence-corrected chi connectivity index (χ3v) is 2.70. The van der Waals surface area contributed by atoms with Gasteiger partial charge < -0.3 is 10.1 Å². The lowest BCUT2D eigenvalue weighted by molar-refractivity contribution is 0.126. The van der Waals surface area contributed by atoms with Crippen LogP contribution in [0.5, 0.6) is 0 Å². The summed E-state index contributed by atoms with van der Waals surface area (Å²) in [5, 5.41) is 3.53. The molecule has 0 aromatic rings. The minimum atomic E-state index is 0.674. The van der Waals surface area contributed by atoms with Crippen LogP contribution in [0, 0.1) is 5.92 Å². The SMILES string of the molecule is CC1CCCOCCCNC(C)C1. The van der Waals surface area contributed by atoms with Crippen molar-refractivity contribution in [3.63, 3.8) is 0 Å². The van der Waals surface area contributed by atoms with Gasteiger partial charge in [-0.05, 0) is 45.1 Å². The molecule has 0 aromatic heterocycles. The minimum Gasteiger partial charge on any atom is -0.381 e. The minimum absolute atomic E-state index is 0.674. The molecule has 0 saturated carbocycles. The molecule has 1 fully saturated rings. The topological polar surface area (TPSA) is 21.3 Å². The highest BCUT2D eigenvalue weighted by Gasteiger charge is 2.08. The molecule has 2 heteroatoms. The van der Waals surface area contributed by atoms with Gasteiger partial charge in [-0.2, -0.15) is 0 Å². The smallest absolute Gasteiger partial charge is 0.0478 e. The van der Waals surface area contributed by atoms with Gasteiger partial charge in [-0.25, -0.2) is 0 Å². The first kappa shape index (κ1) is 11.0. The zero-order valence-electron chi connectivity index (χ0n) is 9.01. The Balaban J connectivity index is 2.25. The Morgan fingerprint density at radius 3 is 2.77 bits per heavy atom. The molecule has 0 spiro atoms. The summed E-state index contributed by atoms with van der Waals surface area (Å²) in [5.41, 5.74) is 0. The number of hydrogen-bond acceptors (Lipinski definition) is 2. The highest BCUT2D eigenvalue weighted by molar-refractivity contribution is 4.66. The first-order valence-electron chi connectivity index (χ1n) is 5.60. The highest BCUT2D eigenvalue weighted by Crippen LogP contribution is 2.13. The molecular weight excluding hydrogens is 162 g/mol. The van der Waals surface area contributed by atoms with Crippen LogP contribution in [0.2, 0.25) is 0 Å². The Morgan fingerprint density at radius 2 is 1.92 bits per heavy atom. The van der Waals surface area contributed by atoms with Crippen molar-refractivity contribution in [2.75, 3.05) is 19.8 Å². The Bertz CT molecular complexity index is 113. The van der Waals surface area contributed by atoms with Crippen LogP contribution in [-0.2, 0) is 4.74 Å². The summed E-state index contributed by atoms with van der Waals surface area (Å²) in [6, 6.07) is 0.674. The normalized spacial score (nSPS) is 33.7. The van der Waals surface area contributed by atoms with E-state index in [1.54, 1.807) is 0 Å². The van der Waals surface area contributed by atoms with E-state index in [9.17, 15) is 0 Å². The Labute approximate surface area is 82.0 Å². The number of ether oxygens (including phenoxy) is 1. The summed E-state index contributed by atoms with van der Waals surface area (Å²) in [6.07, 6.45) is 5.00. The lowest BCUT2D eigenvalue weighted by atomic mass is 9.98. The van der Waals surface area contributed by atoms with E-state index in [2.05, 4.69) is 19.2 Å². The summed E-state index contributed by atoms with van der Waals surface area (Å²) in [7, 11) is 0. The summed E-state index contributed by atoms with van der Waals surface area (Å²) in [4.78, 5) is 0. The Hall–Kier alpha value is -0.0800. The van der Waals surface area contributed by atoms with Gasteiger partial charge in [0.25, 0.3) is 0 Å². The standard InChI is InChI=1S/C11H23NO/c1-10-5-3-7-13-8-4-6-12-11(2)9-10/h10-12H,3-9H2,1-2H3. The molecule has 1 saturated heterocycles. The van der Waals surface area contributed by atoms with Gasteiger partial charge in [-0.15, -0.1) is 0 Å².